The summed E-state index contributed by atoms with van der Waals surface area (Å²) < 4.78 is 3.45. The molecule has 0 saturated carbocycles. The summed E-state index contributed by atoms with van der Waals surface area (Å²) in [7, 11) is 1.77. The van der Waals surface area contributed by atoms with Crippen LogP contribution in [0.2, 0.25) is 0 Å². The van der Waals surface area contributed by atoms with Gasteiger partial charge in [0.25, 0.3) is 5.56 Å². The summed E-state index contributed by atoms with van der Waals surface area (Å²) in [5, 5.41) is 9.24. The first-order chi connectivity index (χ1) is 14.5. The van der Waals surface area contributed by atoms with Crippen LogP contribution in [0.15, 0.2) is 62.0 Å². The number of fused-ring (bicyclic) bond motifs is 1. The first-order valence-electron chi connectivity index (χ1n) is 9.64. The molecule has 4 rings (SSSR count). The van der Waals surface area contributed by atoms with Crippen molar-refractivity contribution in [3.63, 3.8) is 0 Å². The highest BCUT2D eigenvalue weighted by Gasteiger charge is 2.11. The molecule has 0 saturated heterocycles. The van der Waals surface area contributed by atoms with E-state index in [1.165, 1.54) is 11.1 Å². The van der Waals surface area contributed by atoms with E-state index in [4.69, 9.17) is 0 Å². The summed E-state index contributed by atoms with van der Waals surface area (Å²) in [5.41, 5.74) is 3.35. The maximum atomic E-state index is 12.5. The molecular weight excluding hydrogens is 432 g/mol. The molecule has 0 aliphatic rings. The molecule has 0 fully saturated rings. The summed E-state index contributed by atoms with van der Waals surface area (Å²) in [6, 6.07) is 16.2. The fraction of sp³-hybridized carbons (Fsp3) is 0.273. The molecule has 2 aromatic carbocycles. The molecule has 0 radical (unpaired) electrons. The predicted molar refractivity (Wildman–Crippen MR) is 127 cm³/mol. The molecule has 0 aliphatic carbocycles. The van der Waals surface area contributed by atoms with Crippen molar-refractivity contribution in [3.05, 3.63) is 75.8 Å². The van der Waals surface area contributed by atoms with Gasteiger partial charge in [-0.2, -0.15) is 0 Å². The van der Waals surface area contributed by atoms with E-state index in [1.807, 2.05) is 24.3 Å². The largest absolute Gasteiger partial charge is 0.299 e. The molecule has 2 heterocycles. The molecule has 0 N–H and O–H groups in total. The zero-order chi connectivity index (χ0) is 21.1. The van der Waals surface area contributed by atoms with Crippen LogP contribution in [-0.4, -0.2) is 19.7 Å². The first-order valence-corrected chi connectivity index (χ1v) is 12.4. The summed E-state index contributed by atoms with van der Waals surface area (Å²) >= 11 is 4.84. The summed E-state index contributed by atoms with van der Waals surface area (Å²) in [5.74, 6) is 2.73. The SMILES string of the molecule is CC(C)c1ccc(CSc2nnc(SCc3nc4ccccc4c(=O)n3C)s2)cc1. The van der Waals surface area contributed by atoms with E-state index >= 15 is 0 Å². The minimum absolute atomic E-state index is 0.0202. The van der Waals surface area contributed by atoms with Crippen LogP contribution in [0.5, 0.6) is 0 Å². The summed E-state index contributed by atoms with van der Waals surface area (Å²) in [6.45, 7) is 4.41. The molecule has 0 amide bonds. The third-order valence-electron chi connectivity index (χ3n) is 4.80. The number of rotatable bonds is 7. The van der Waals surface area contributed by atoms with Crippen molar-refractivity contribution < 1.29 is 0 Å². The highest BCUT2D eigenvalue weighted by Crippen LogP contribution is 2.32. The molecular formula is C22H22N4OS3. The fourth-order valence-corrected chi connectivity index (χ4v) is 5.94. The minimum Gasteiger partial charge on any atom is -0.299 e. The Labute approximate surface area is 188 Å². The second kappa shape index (κ2) is 9.32. The normalized spacial score (nSPS) is 11.5. The van der Waals surface area contributed by atoms with Gasteiger partial charge >= 0.3 is 0 Å². The van der Waals surface area contributed by atoms with Crippen LogP contribution >= 0.6 is 34.9 Å². The van der Waals surface area contributed by atoms with Gasteiger partial charge in [-0.1, -0.05) is 85.1 Å². The number of hydrogen-bond donors (Lipinski definition) is 0. The zero-order valence-electron chi connectivity index (χ0n) is 17.0. The Hall–Kier alpha value is -2.16. The molecule has 0 unspecified atom stereocenters. The van der Waals surface area contributed by atoms with Crippen LogP contribution in [0.3, 0.4) is 0 Å². The topological polar surface area (TPSA) is 60.7 Å². The van der Waals surface area contributed by atoms with Crippen LogP contribution in [-0.2, 0) is 18.6 Å². The lowest BCUT2D eigenvalue weighted by atomic mass is 10.0. The maximum Gasteiger partial charge on any atom is 0.261 e. The van der Waals surface area contributed by atoms with Crippen LogP contribution in [0.25, 0.3) is 10.9 Å². The average molecular weight is 455 g/mol. The van der Waals surface area contributed by atoms with Crippen LogP contribution in [0.4, 0.5) is 0 Å². The van der Waals surface area contributed by atoms with E-state index in [0.717, 1.165) is 25.8 Å². The molecule has 0 spiro atoms. The Morgan fingerprint density at radius 2 is 1.63 bits per heavy atom. The smallest absolute Gasteiger partial charge is 0.261 e. The van der Waals surface area contributed by atoms with E-state index in [-0.39, 0.29) is 5.56 Å². The van der Waals surface area contributed by atoms with Crippen molar-refractivity contribution in [2.75, 3.05) is 0 Å². The van der Waals surface area contributed by atoms with Crippen molar-refractivity contribution in [1.29, 1.82) is 0 Å². The van der Waals surface area contributed by atoms with Gasteiger partial charge in [0.15, 0.2) is 8.68 Å². The molecule has 2 aromatic heterocycles. The molecule has 0 aliphatic heterocycles. The van der Waals surface area contributed by atoms with Crippen LogP contribution < -0.4 is 5.56 Å². The van der Waals surface area contributed by atoms with Crippen molar-refractivity contribution in [3.8, 4) is 0 Å². The number of thioether (sulfide) groups is 2. The Balaban J connectivity index is 1.39. The number of para-hydroxylation sites is 1. The van der Waals surface area contributed by atoms with Gasteiger partial charge in [0.1, 0.15) is 5.82 Å². The Bertz CT molecular complexity index is 1220. The van der Waals surface area contributed by atoms with E-state index in [2.05, 4.69) is 53.3 Å². The van der Waals surface area contributed by atoms with Gasteiger partial charge in [-0.05, 0) is 29.2 Å². The van der Waals surface area contributed by atoms with Gasteiger partial charge < -0.3 is 0 Å². The van der Waals surface area contributed by atoms with E-state index in [0.29, 0.717) is 17.1 Å². The lowest BCUT2D eigenvalue weighted by Crippen LogP contribution is -2.21. The van der Waals surface area contributed by atoms with Gasteiger partial charge in [0, 0.05) is 12.8 Å². The van der Waals surface area contributed by atoms with Crippen molar-refractivity contribution >= 4 is 45.8 Å². The van der Waals surface area contributed by atoms with Crippen LogP contribution in [0, 0.1) is 0 Å². The third kappa shape index (κ3) is 4.77. The molecule has 0 bridgehead atoms. The summed E-state index contributed by atoms with van der Waals surface area (Å²) in [4.78, 5) is 17.2. The van der Waals surface area contributed by atoms with Gasteiger partial charge in [-0.3, -0.25) is 9.36 Å². The van der Waals surface area contributed by atoms with E-state index in [1.54, 1.807) is 46.5 Å². The van der Waals surface area contributed by atoms with E-state index < -0.39 is 0 Å². The lowest BCUT2D eigenvalue weighted by molar-refractivity contribution is 0.785. The van der Waals surface area contributed by atoms with Crippen molar-refractivity contribution in [1.82, 2.24) is 19.7 Å². The van der Waals surface area contributed by atoms with Crippen molar-refractivity contribution in [2.24, 2.45) is 7.05 Å². The fourth-order valence-electron chi connectivity index (χ4n) is 2.98. The maximum absolute atomic E-state index is 12.5. The Morgan fingerprint density at radius 1 is 0.967 bits per heavy atom. The second-order valence-electron chi connectivity index (χ2n) is 7.22. The van der Waals surface area contributed by atoms with E-state index in [9.17, 15) is 4.79 Å². The molecule has 8 heteroatoms. The molecule has 154 valence electrons. The minimum atomic E-state index is -0.0202. The highest BCUT2D eigenvalue weighted by atomic mass is 32.2. The predicted octanol–water partition coefficient (Wildman–Crippen LogP) is 5.49. The summed E-state index contributed by atoms with van der Waals surface area (Å²) in [6.07, 6.45) is 0. The van der Waals surface area contributed by atoms with Gasteiger partial charge in [0.05, 0.1) is 16.7 Å². The number of nitrogens with zero attached hydrogens (tertiary/aromatic N) is 4. The van der Waals surface area contributed by atoms with Gasteiger partial charge in [-0.15, -0.1) is 10.2 Å². The standard InChI is InChI=1S/C22H22N4OS3/c1-14(2)16-10-8-15(9-11-16)12-28-21-24-25-22(30-21)29-13-19-23-18-7-5-4-6-17(18)20(27)26(19)3/h4-11,14H,12-13H2,1-3H3. The lowest BCUT2D eigenvalue weighted by Gasteiger charge is -2.07. The zero-order valence-corrected chi connectivity index (χ0v) is 19.5. The second-order valence-corrected chi connectivity index (χ2v) is 10.6. The Kier molecular flexibility index (Phi) is 6.55. The molecule has 4 aromatic rings. The molecule has 0 atom stereocenters. The molecule has 30 heavy (non-hydrogen) atoms. The quantitative estimate of drug-likeness (QED) is 0.344. The monoisotopic (exact) mass is 454 g/mol. The third-order valence-corrected chi connectivity index (χ3v) is 8.05. The van der Waals surface area contributed by atoms with Gasteiger partial charge in [0.2, 0.25) is 0 Å². The first kappa shape index (κ1) is 21.1. The van der Waals surface area contributed by atoms with Crippen LogP contribution in [0.1, 0.15) is 36.7 Å². The Morgan fingerprint density at radius 3 is 2.33 bits per heavy atom. The average Bonchev–Trinajstić information content (AvgIpc) is 3.22. The highest BCUT2D eigenvalue weighted by molar-refractivity contribution is 8.02. The molecule has 5 nitrogen and oxygen atoms in total. The number of aromatic nitrogens is 4. The van der Waals surface area contributed by atoms with Gasteiger partial charge in [-0.25, -0.2) is 4.98 Å². The number of benzene rings is 2. The van der Waals surface area contributed by atoms with Crippen molar-refractivity contribution in [2.45, 2.75) is 40.0 Å². The number of hydrogen-bond acceptors (Lipinski definition) is 7.